The highest BCUT2D eigenvalue weighted by Crippen LogP contribution is 2.74. The minimum Gasteiger partial charge on any atom is -0.343 e. The number of fused-ring (bicyclic) bond motifs is 7. The topological polar surface area (TPSA) is 78.2 Å². The summed E-state index contributed by atoms with van der Waals surface area (Å²) in [6.07, 6.45) is 15.0. The predicted molar refractivity (Wildman–Crippen MR) is 159 cm³/mol. The van der Waals surface area contributed by atoms with Gasteiger partial charge in [-0.05, 0) is 104 Å². The number of ketones is 2. The number of hydrogen-bond donors (Lipinski definition) is 0. The first kappa shape index (κ1) is 28.9. The Hall–Kier alpha value is -2.22. The van der Waals surface area contributed by atoms with Crippen LogP contribution in [0.15, 0.2) is 23.3 Å². The molecular weight excluding hydrogens is 508 g/mol. The first-order valence-corrected chi connectivity index (χ1v) is 16.4. The van der Waals surface area contributed by atoms with Gasteiger partial charge in [0, 0.05) is 36.8 Å². The van der Waals surface area contributed by atoms with Crippen LogP contribution in [-0.4, -0.2) is 35.5 Å². The second kappa shape index (κ2) is 9.39. The van der Waals surface area contributed by atoms with Crippen LogP contribution in [0.3, 0.4) is 0 Å². The second-order valence-corrected chi connectivity index (χ2v) is 16.4. The lowest BCUT2D eigenvalue weighted by Gasteiger charge is -2.69. The third-order valence-electron chi connectivity index (χ3n) is 14.0. The molecule has 6 aliphatic rings. The summed E-state index contributed by atoms with van der Waals surface area (Å²) in [6, 6.07) is 2.19. The molecule has 0 aromatic carbocycles. The Morgan fingerprint density at radius 3 is 2.37 bits per heavy atom. The molecule has 5 aliphatic carbocycles. The fraction of sp³-hybridized carbons (Fsp3) is 0.778. The van der Waals surface area contributed by atoms with Crippen molar-refractivity contribution < 1.29 is 14.4 Å². The molecule has 222 valence electrons. The van der Waals surface area contributed by atoms with E-state index in [0.717, 1.165) is 77.3 Å². The largest absolute Gasteiger partial charge is 0.343 e. The van der Waals surface area contributed by atoms with Crippen molar-refractivity contribution in [3.63, 3.8) is 0 Å². The average Bonchev–Trinajstić information content (AvgIpc) is 3.46. The predicted octanol–water partition coefficient (Wildman–Crippen LogP) is 7.22. The molecule has 0 bridgehead atoms. The molecule has 4 fully saturated rings. The lowest BCUT2D eigenvalue weighted by atomic mass is 9.34. The number of likely N-dealkylation sites (tertiary alicyclic amines) is 1. The summed E-state index contributed by atoms with van der Waals surface area (Å²) >= 11 is 0. The Bertz CT molecular complexity index is 1280. The number of nitriles is 1. The summed E-state index contributed by atoms with van der Waals surface area (Å²) in [5.41, 5.74) is 0.847. The Labute approximate surface area is 247 Å². The quantitative estimate of drug-likeness (QED) is 0.366. The molecule has 0 aromatic rings. The summed E-state index contributed by atoms with van der Waals surface area (Å²) in [5, 5.41) is 9.85. The van der Waals surface area contributed by atoms with Crippen LogP contribution in [0.25, 0.3) is 0 Å². The minimum atomic E-state index is -0.461. The number of allylic oxidation sites excluding steroid dienone is 4. The smallest absolute Gasteiger partial charge is 0.222 e. The maximum atomic E-state index is 14.6. The molecule has 0 radical (unpaired) electrons. The van der Waals surface area contributed by atoms with Gasteiger partial charge >= 0.3 is 0 Å². The molecule has 1 saturated heterocycles. The van der Waals surface area contributed by atoms with E-state index < -0.39 is 5.41 Å². The highest BCUT2D eigenvalue weighted by atomic mass is 16.2. The minimum absolute atomic E-state index is 0.0410. The maximum Gasteiger partial charge on any atom is 0.222 e. The van der Waals surface area contributed by atoms with Gasteiger partial charge < -0.3 is 4.90 Å². The van der Waals surface area contributed by atoms with Crippen molar-refractivity contribution in [2.45, 2.75) is 112 Å². The number of nitrogens with zero attached hydrogens (tertiary/aromatic N) is 2. The van der Waals surface area contributed by atoms with Crippen LogP contribution < -0.4 is 0 Å². The summed E-state index contributed by atoms with van der Waals surface area (Å²) in [4.78, 5) is 42.9. The summed E-state index contributed by atoms with van der Waals surface area (Å²) in [5.74, 6) is 0.668. The Morgan fingerprint density at radius 1 is 1.00 bits per heavy atom. The first-order valence-electron chi connectivity index (χ1n) is 16.4. The van der Waals surface area contributed by atoms with E-state index in [1.165, 1.54) is 5.57 Å². The number of carbonyl (C=O) groups is 3. The highest BCUT2D eigenvalue weighted by Gasteiger charge is 2.68. The van der Waals surface area contributed by atoms with Gasteiger partial charge in [-0.2, -0.15) is 5.26 Å². The molecule has 8 atom stereocenters. The van der Waals surface area contributed by atoms with Crippen LogP contribution in [0.1, 0.15) is 112 Å². The van der Waals surface area contributed by atoms with Gasteiger partial charge in [-0.15, -0.1) is 0 Å². The van der Waals surface area contributed by atoms with Crippen LogP contribution in [0.2, 0.25) is 0 Å². The van der Waals surface area contributed by atoms with Crippen molar-refractivity contribution in [3.8, 4) is 6.07 Å². The molecule has 0 unspecified atom stereocenters. The Morgan fingerprint density at radius 2 is 1.68 bits per heavy atom. The Kier molecular flexibility index (Phi) is 6.61. The van der Waals surface area contributed by atoms with Crippen molar-refractivity contribution in [1.29, 1.82) is 5.26 Å². The van der Waals surface area contributed by atoms with E-state index in [1.54, 1.807) is 0 Å². The molecule has 0 aromatic heterocycles. The third-order valence-corrected chi connectivity index (χ3v) is 14.0. The molecule has 41 heavy (non-hydrogen) atoms. The molecule has 0 N–H and O–H groups in total. The van der Waals surface area contributed by atoms with Gasteiger partial charge in [-0.3, -0.25) is 14.4 Å². The fourth-order valence-electron chi connectivity index (χ4n) is 11.3. The first-order chi connectivity index (χ1) is 19.2. The van der Waals surface area contributed by atoms with Crippen molar-refractivity contribution in [1.82, 2.24) is 4.90 Å². The number of hydrogen-bond acceptors (Lipinski definition) is 4. The van der Waals surface area contributed by atoms with Crippen molar-refractivity contribution in [3.05, 3.63) is 23.3 Å². The van der Waals surface area contributed by atoms with Gasteiger partial charge in [0.15, 0.2) is 11.6 Å². The van der Waals surface area contributed by atoms with E-state index in [1.807, 2.05) is 19.1 Å². The molecule has 1 amide bonds. The van der Waals surface area contributed by atoms with E-state index in [-0.39, 0.29) is 62.5 Å². The lowest BCUT2D eigenvalue weighted by molar-refractivity contribution is -0.171. The molecule has 1 aliphatic heterocycles. The second-order valence-electron chi connectivity index (χ2n) is 16.4. The van der Waals surface area contributed by atoms with Gasteiger partial charge in [-0.25, -0.2) is 0 Å². The molecule has 0 spiro atoms. The van der Waals surface area contributed by atoms with Crippen LogP contribution in [-0.2, 0) is 14.4 Å². The van der Waals surface area contributed by atoms with Gasteiger partial charge in [0.25, 0.3) is 0 Å². The zero-order valence-electron chi connectivity index (χ0n) is 26.3. The molecule has 5 heteroatoms. The van der Waals surface area contributed by atoms with Gasteiger partial charge in [0.05, 0.1) is 5.57 Å². The lowest BCUT2D eigenvalue weighted by Crippen LogP contribution is -2.64. The molecule has 1 heterocycles. The van der Waals surface area contributed by atoms with Crippen LogP contribution in [0.5, 0.6) is 0 Å². The fourth-order valence-corrected chi connectivity index (χ4v) is 11.3. The summed E-state index contributed by atoms with van der Waals surface area (Å²) in [6.45, 7) is 15.5. The van der Waals surface area contributed by atoms with E-state index in [2.05, 4.69) is 45.6 Å². The number of carbonyl (C=O) groups excluding carboxylic acids is 3. The number of Topliss-reactive ketones (excluding diaryl/α,β-unsaturated/α-hetero) is 1. The van der Waals surface area contributed by atoms with Crippen LogP contribution >= 0.6 is 0 Å². The number of rotatable bonds is 3. The zero-order valence-corrected chi connectivity index (χ0v) is 26.3. The van der Waals surface area contributed by atoms with E-state index in [4.69, 9.17) is 0 Å². The van der Waals surface area contributed by atoms with Crippen LogP contribution in [0, 0.1) is 62.1 Å². The van der Waals surface area contributed by atoms with Crippen molar-refractivity contribution >= 4 is 17.5 Å². The van der Waals surface area contributed by atoms with Gasteiger partial charge in [-0.1, -0.05) is 53.2 Å². The normalized spacial score (nSPS) is 45.0. The number of amides is 1. The van der Waals surface area contributed by atoms with Gasteiger partial charge in [0.2, 0.25) is 5.91 Å². The standard InChI is InChI=1S/C36H50N2O3/c1-23-25-9-11-34(5)28(33(25,4)20-24(22-37)31(23)41)19-27(39)30-26-21-32(2,3)13-15-36(26,16-14-35(30,34)6)12-10-29(40)38-17-7-8-18-38/h19-20,23,25-26,30H,7-18,21H2,1-6H3/t23-,25-,26-,30-,33-,34+,35+,36+/m0/s1. The van der Waals surface area contributed by atoms with E-state index in [9.17, 15) is 19.6 Å². The van der Waals surface area contributed by atoms with Crippen molar-refractivity contribution in [2.75, 3.05) is 13.1 Å². The molecule has 6 rings (SSSR count). The maximum absolute atomic E-state index is 14.6. The molecule has 3 saturated carbocycles. The molecular formula is C36H50N2O3. The summed E-state index contributed by atoms with van der Waals surface area (Å²) < 4.78 is 0. The van der Waals surface area contributed by atoms with E-state index >= 15 is 0 Å². The molecule has 5 nitrogen and oxygen atoms in total. The SMILES string of the molecule is C[C@@H]1C(=O)C(C#N)=C[C@]2(C)C3=CC(=O)[C@@H]4[C@@H]5CC(C)(C)CC[C@]5(CCC(=O)N5CCCC5)CC[C@@]4(C)[C@]3(C)CC[C@@H]12. The summed E-state index contributed by atoms with van der Waals surface area (Å²) in [7, 11) is 0. The van der Waals surface area contributed by atoms with Crippen LogP contribution in [0.4, 0.5) is 0 Å². The van der Waals surface area contributed by atoms with E-state index in [0.29, 0.717) is 12.3 Å². The highest BCUT2D eigenvalue weighted by molar-refractivity contribution is 6.02. The average molecular weight is 559 g/mol. The van der Waals surface area contributed by atoms with Gasteiger partial charge in [0.1, 0.15) is 6.07 Å². The monoisotopic (exact) mass is 558 g/mol. The van der Waals surface area contributed by atoms with Crippen molar-refractivity contribution in [2.24, 2.45) is 50.7 Å². The zero-order chi connectivity index (χ0) is 29.6. The third kappa shape index (κ3) is 4.01. The Balaban J connectivity index is 1.41.